The third-order valence-corrected chi connectivity index (χ3v) is 4.52. The van der Waals surface area contributed by atoms with Crippen molar-refractivity contribution in [3.05, 3.63) is 29.8 Å². The highest BCUT2D eigenvalue weighted by molar-refractivity contribution is 5.96. The van der Waals surface area contributed by atoms with Gasteiger partial charge in [-0.2, -0.15) is 0 Å². The molecule has 1 aliphatic heterocycles. The molecule has 4 heteroatoms. The lowest BCUT2D eigenvalue weighted by atomic mass is 9.85. The number of likely N-dealkylation sites (tertiary alicyclic amines) is 1. The molecular weight excluding hydrogens is 264 g/mol. The van der Waals surface area contributed by atoms with Crippen LogP contribution in [0.25, 0.3) is 0 Å². The minimum absolute atomic E-state index is 0.103. The molecule has 2 aliphatic rings. The Balaban J connectivity index is 1.60. The van der Waals surface area contributed by atoms with Crippen LogP contribution >= 0.6 is 0 Å². The van der Waals surface area contributed by atoms with Gasteiger partial charge in [-0.25, -0.2) is 0 Å². The molecule has 21 heavy (non-hydrogen) atoms. The zero-order chi connectivity index (χ0) is 14.7. The molecule has 1 aromatic rings. The SMILES string of the molecule is O=C(Nc1ccc(C(=O)N2CCCCC2)cc1)C1CCC1. The van der Waals surface area contributed by atoms with E-state index in [0.717, 1.165) is 50.9 Å². The van der Waals surface area contributed by atoms with Crippen LogP contribution in [-0.2, 0) is 4.79 Å². The molecule has 1 saturated carbocycles. The van der Waals surface area contributed by atoms with Crippen molar-refractivity contribution in [2.75, 3.05) is 18.4 Å². The second-order valence-corrected chi connectivity index (χ2v) is 6.05. The quantitative estimate of drug-likeness (QED) is 0.928. The van der Waals surface area contributed by atoms with Gasteiger partial charge in [0.15, 0.2) is 0 Å². The number of hydrogen-bond donors (Lipinski definition) is 1. The molecule has 1 saturated heterocycles. The Morgan fingerprint density at radius 3 is 2.19 bits per heavy atom. The molecule has 2 amide bonds. The van der Waals surface area contributed by atoms with Gasteiger partial charge >= 0.3 is 0 Å². The van der Waals surface area contributed by atoms with E-state index in [0.29, 0.717) is 5.56 Å². The van der Waals surface area contributed by atoms with Gasteiger partial charge in [-0.15, -0.1) is 0 Å². The molecule has 3 rings (SSSR count). The highest BCUT2D eigenvalue weighted by atomic mass is 16.2. The maximum absolute atomic E-state index is 12.3. The molecule has 1 heterocycles. The van der Waals surface area contributed by atoms with Crippen LogP contribution in [0.3, 0.4) is 0 Å². The zero-order valence-electron chi connectivity index (χ0n) is 12.3. The van der Waals surface area contributed by atoms with Crippen molar-refractivity contribution in [1.29, 1.82) is 0 Å². The normalized spacial score (nSPS) is 19.0. The van der Waals surface area contributed by atoms with Crippen LogP contribution in [0.15, 0.2) is 24.3 Å². The van der Waals surface area contributed by atoms with E-state index in [-0.39, 0.29) is 17.7 Å². The highest BCUT2D eigenvalue weighted by Crippen LogP contribution is 2.27. The number of carbonyl (C=O) groups is 2. The Hall–Kier alpha value is -1.84. The van der Waals surface area contributed by atoms with E-state index < -0.39 is 0 Å². The highest BCUT2D eigenvalue weighted by Gasteiger charge is 2.25. The van der Waals surface area contributed by atoms with E-state index in [9.17, 15) is 9.59 Å². The molecule has 1 aromatic carbocycles. The van der Waals surface area contributed by atoms with Crippen LogP contribution in [0.2, 0.25) is 0 Å². The van der Waals surface area contributed by atoms with Gasteiger partial charge < -0.3 is 10.2 Å². The second-order valence-electron chi connectivity index (χ2n) is 6.05. The summed E-state index contributed by atoms with van der Waals surface area (Å²) in [5.41, 5.74) is 1.49. The standard InChI is InChI=1S/C17H22N2O2/c20-16(13-5-4-6-13)18-15-9-7-14(8-10-15)17(21)19-11-2-1-3-12-19/h7-10,13H,1-6,11-12H2,(H,18,20). The number of rotatable bonds is 3. The number of nitrogens with zero attached hydrogens (tertiary/aromatic N) is 1. The predicted octanol–water partition coefficient (Wildman–Crippen LogP) is 3.05. The van der Waals surface area contributed by atoms with Crippen molar-refractivity contribution < 1.29 is 9.59 Å². The van der Waals surface area contributed by atoms with E-state index in [4.69, 9.17) is 0 Å². The fraction of sp³-hybridized carbons (Fsp3) is 0.529. The average molecular weight is 286 g/mol. The van der Waals surface area contributed by atoms with E-state index in [1.807, 2.05) is 29.2 Å². The number of benzene rings is 1. The molecule has 0 bridgehead atoms. The number of anilines is 1. The lowest BCUT2D eigenvalue weighted by Gasteiger charge is -2.27. The summed E-state index contributed by atoms with van der Waals surface area (Å²) in [6.07, 6.45) is 6.56. The molecule has 1 aliphatic carbocycles. The second kappa shape index (κ2) is 6.29. The number of piperidine rings is 1. The number of nitrogens with one attached hydrogen (secondary N) is 1. The first-order valence-electron chi connectivity index (χ1n) is 7.94. The summed E-state index contributed by atoms with van der Waals surface area (Å²) in [5, 5.41) is 2.93. The van der Waals surface area contributed by atoms with Gasteiger partial charge in [0.2, 0.25) is 5.91 Å². The maximum atomic E-state index is 12.3. The average Bonchev–Trinajstić information content (AvgIpc) is 2.46. The van der Waals surface area contributed by atoms with Crippen LogP contribution in [0.5, 0.6) is 0 Å². The van der Waals surface area contributed by atoms with Gasteiger partial charge in [0.1, 0.15) is 0 Å². The number of carbonyl (C=O) groups excluding carboxylic acids is 2. The molecular formula is C17H22N2O2. The monoisotopic (exact) mass is 286 g/mol. The number of amides is 2. The Bertz CT molecular complexity index is 514. The van der Waals surface area contributed by atoms with Crippen molar-refractivity contribution in [2.24, 2.45) is 5.92 Å². The summed E-state index contributed by atoms with van der Waals surface area (Å²) in [6.45, 7) is 1.72. The third-order valence-electron chi connectivity index (χ3n) is 4.52. The molecule has 0 atom stereocenters. The molecule has 0 radical (unpaired) electrons. The summed E-state index contributed by atoms with van der Waals surface area (Å²) >= 11 is 0. The van der Waals surface area contributed by atoms with Crippen LogP contribution in [0.4, 0.5) is 5.69 Å². The Kier molecular flexibility index (Phi) is 4.23. The van der Waals surface area contributed by atoms with E-state index in [1.54, 1.807) is 0 Å². The summed E-state index contributed by atoms with van der Waals surface area (Å²) in [5.74, 6) is 0.391. The van der Waals surface area contributed by atoms with E-state index in [2.05, 4.69) is 5.32 Å². The largest absolute Gasteiger partial charge is 0.339 e. The van der Waals surface area contributed by atoms with Crippen molar-refractivity contribution >= 4 is 17.5 Å². The smallest absolute Gasteiger partial charge is 0.253 e. The van der Waals surface area contributed by atoms with Crippen molar-refractivity contribution in [3.63, 3.8) is 0 Å². The topological polar surface area (TPSA) is 49.4 Å². The molecule has 1 N–H and O–H groups in total. The van der Waals surface area contributed by atoms with Gasteiger partial charge in [0.05, 0.1) is 0 Å². The van der Waals surface area contributed by atoms with E-state index >= 15 is 0 Å². The predicted molar refractivity (Wildman–Crippen MR) is 82.2 cm³/mol. The summed E-state index contributed by atoms with van der Waals surface area (Å²) in [6, 6.07) is 7.28. The lowest BCUT2D eigenvalue weighted by Crippen LogP contribution is -2.35. The Morgan fingerprint density at radius 2 is 1.62 bits per heavy atom. The van der Waals surface area contributed by atoms with Gasteiger partial charge in [-0.1, -0.05) is 6.42 Å². The van der Waals surface area contributed by atoms with Gasteiger partial charge in [-0.05, 0) is 56.4 Å². The van der Waals surface area contributed by atoms with Crippen LogP contribution in [0, 0.1) is 5.92 Å². The molecule has 0 aromatic heterocycles. The van der Waals surface area contributed by atoms with Gasteiger partial charge in [0.25, 0.3) is 5.91 Å². The fourth-order valence-electron chi connectivity index (χ4n) is 2.89. The first kappa shape index (κ1) is 14.1. The molecule has 2 fully saturated rings. The van der Waals surface area contributed by atoms with Crippen molar-refractivity contribution in [3.8, 4) is 0 Å². The van der Waals surface area contributed by atoms with Crippen molar-refractivity contribution in [2.45, 2.75) is 38.5 Å². The van der Waals surface area contributed by atoms with Gasteiger partial charge in [-0.3, -0.25) is 9.59 Å². The maximum Gasteiger partial charge on any atom is 0.253 e. The molecule has 0 unspecified atom stereocenters. The lowest BCUT2D eigenvalue weighted by molar-refractivity contribution is -0.122. The molecule has 0 spiro atoms. The van der Waals surface area contributed by atoms with Crippen LogP contribution < -0.4 is 5.32 Å². The minimum Gasteiger partial charge on any atom is -0.339 e. The molecule has 4 nitrogen and oxygen atoms in total. The first-order chi connectivity index (χ1) is 10.2. The Morgan fingerprint density at radius 1 is 0.952 bits per heavy atom. The third kappa shape index (κ3) is 3.26. The fourth-order valence-corrected chi connectivity index (χ4v) is 2.89. The summed E-state index contributed by atoms with van der Waals surface area (Å²) in [7, 11) is 0. The first-order valence-corrected chi connectivity index (χ1v) is 7.94. The van der Waals surface area contributed by atoms with Crippen LogP contribution in [0.1, 0.15) is 48.9 Å². The van der Waals surface area contributed by atoms with Gasteiger partial charge in [0, 0.05) is 30.3 Å². The minimum atomic E-state index is 0.103. The van der Waals surface area contributed by atoms with E-state index in [1.165, 1.54) is 6.42 Å². The zero-order valence-corrected chi connectivity index (χ0v) is 12.3. The summed E-state index contributed by atoms with van der Waals surface area (Å²) in [4.78, 5) is 26.1. The van der Waals surface area contributed by atoms with Crippen molar-refractivity contribution in [1.82, 2.24) is 4.90 Å². The van der Waals surface area contributed by atoms with Crippen LogP contribution in [-0.4, -0.2) is 29.8 Å². The number of hydrogen-bond acceptors (Lipinski definition) is 2. The molecule has 112 valence electrons. The summed E-state index contributed by atoms with van der Waals surface area (Å²) < 4.78 is 0. The Labute approximate surface area is 125 Å².